The molecule has 0 fully saturated rings. The smallest absolute Gasteiger partial charge is 0.261 e. The molecular weight excluding hydrogens is 378 g/mol. The van der Waals surface area contributed by atoms with Gasteiger partial charge >= 0.3 is 0 Å². The van der Waals surface area contributed by atoms with E-state index in [2.05, 4.69) is 20.7 Å². The minimum atomic E-state index is -3.65. The number of nitrogens with one attached hydrogen (secondary N) is 1. The summed E-state index contributed by atoms with van der Waals surface area (Å²) in [4.78, 5) is 0.191. The summed E-state index contributed by atoms with van der Waals surface area (Å²) >= 11 is 9.33. The van der Waals surface area contributed by atoms with Gasteiger partial charge in [0, 0.05) is 0 Å². The molecule has 0 aromatic heterocycles. The summed E-state index contributed by atoms with van der Waals surface area (Å²) in [6, 6.07) is 9.68. The number of sulfonamides is 1. The van der Waals surface area contributed by atoms with Crippen molar-refractivity contribution in [1.29, 1.82) is 0 Å². The third-order valence-corrected chi connectivity index (χ3v) is 5.05. The van der Waals surface area contributed by atoms with Crippen LogP contribution in [-0.4, -0.2) is 15.5 Å². The van der Waals surface area contributed by atoms with E-state index in [9.17, 15) is 8.42 Å². The van der Waals surface area contributed by atoms with Crippen LogP contribution in [0.5, 0.6) is 5.75 Å². The SMILES string of the molecule is COc1c(Cl)cc(NS(=O)(=O)c2ccc(C)cc2)cc1Br. The van der Waals surface area contributed by atoms with Crippen LogP contribution in [0.3, 0.4) is 0 Å². The van der Waals surface area contributed by atoms with Crippen molar-refractivity contribution in [3.63, 3.8) is 0 Å². The monoisotopic (exact) mass is 389 g/mol. The molecule has 0 saturated heterocycles. The van der Waals surface area contributed by atoms with E-state index in [-0.39, 0.29) is 4.90 Å². The molecule has 21 heavy (non-hydrogen) atoms. The Morgan fingerprint density at radius 1 is 1.19 bits per heavy atom. The molecule has 0 aliphatic rings. The zero-order chi connectivity index (χ0) is 15.6. The zero-order valence-electron chi connectivity index (χ0n) is 11.4. The molecule has 2 rings (SSSR count). The minimum Gasteiger partial charge on any atom is -0.494 e. The average molecular weight is 391 g/mol. The number of hydrogen-bond donors (Lipinski definition) is 1. The van der Waals surface area contributed by atoms with Crippen molar-refractivity contribution < 1.29 is 13.2 Å². The first-order valence-corrected chi connectivity index (χ1v) is 8.61. The highest BCUT2D eigenvalue weighted by Gasteiger charge is 2.16. The minimum absolute atomic E-state index is 0.191. The Hall–Kier alpha value is -1.24. The average Bonchev–Trinajstić information content (AvgIpc) is 2.38. The quantitative estimate of drug-likeness (QED) is 0.850. The Labute approximate surface area is 137 Å². The first-order chi connectivity index (χ1) is 9.83. The third kappa shape index (κ3) is 3.70. The summed E-state index contributed by atoms with van der Waals surface area (Å²) in [7, 11) is -2.17. The molecule has 0 unspecified atom stereocenters. The Bertz CT molecular complexity index is 737. The van der Waals surface area contributed by atoms with E-state index >= 15 is 0 Å². The van der Waals surface area contributed by atoms with Crippen LogP contribution in [0, 0.1) is 6.92 Å². The van der Waals surface area contributed by atoms with E-state index < -0.39 is 10.0 Å². The number of halogens is 2. The number of anilines is 1. The van der Waals surface area contributed by atoms with E-state index in [0.29, 0.717) is 20.9 Å². The van der Waals surface area contributed by atoms with Crippen LogP contribution in [0.4, 0.5) is 5.69 Å². The maximum atomic E-state index is 12.3. The van der Waals surface area contributed by atoms with Gasteiger partial charge in [-0.15, -0.1) is 0 Å². The van der Waals surface area contributed by atoms with E-state index in [1.54, 1.807) is 30.3 Å². The van der Waals surface area contributed by atoms with Crippen molar-refractivity contribution >= 4 is 43.2 Å². The van der Waals surface area contributed by atoms with Crippen LogP contribution in [0.15, 0.2) is 45.8 Å². The van der Waals surface area contributed by atoms with Crippen molar-refractivity contribution in [2.75, 3.05) is 11.8 Å². The van der Waals surface area contributed by atoms with Crippen LogP contribution in [0.1, 0.15) is 5.56 Å². The van der Waals surface area contributed by atoms with Gasteiger partial charge in [-0.05, 0) is 47.1 Å². The predicted molar refractivity (Wildman–Crippen MR) is 87.7 cm³/mol. The van der Waals surface area contributed by atoms with Crippen LogP contribution < -0.4 is 9.46 Å². The summed E-state index contributed by atoms with van der Waals surface area (Å²) in [6.45, 7) is 1.89. The first-order valence-electron chi connectivity index (χ1n) is 5.96. The standard InChI is InChI=1S/C14H13BrClNO3S/c1-9-3-5-11(6-4-9)21(18,19)17-10-7-12(15)14(20-2)13(16)8-10/h3-8,17H,1-2H3. The molecule has 112 valence electrons. The highest BCUT2D eigenvalue weighted by molar-refractivity contribution is 9.10. The molecule has 7 heteroatoms. The Balaban J connectivity index is 2.35. The summed E-state index contributed by atoms with van der Waals surface area (Å²) in [6.07, 6.45) is 0. The van der Waals surface area contributed by atoms with Gasteiger partial charge in [0.1, 0.15) is 0 Å². The number of benzene rings is 2. The van der Waals surface area contributed by atoms with Gasteiger partial charge in [-0.1, -0.05) is 29.3 Å². The Kier molecular flexibility index (Phi) is 4.81. The third-order valence-electron chi connectivity index (χ3n) is 2.79. The molecule has 0 amide bonds. The Morgan fingerprint density at radius 3 is 2.33 bits per heavy atom. The lowest BCUT2D eigenvalue weighted by atomic mass is 10.2. The molecule has 0 aliphatic heterocycles. The highest BCUT2D eigenvalue weighted by Crippen LogP contribution is 2.36. The van der Waals surface area contributed by atoms with Crippen molar-refractivity contribution in [2.24, 2.45) is 0 Å². The lowest BCUT2D eigenvalue weighted by molar-refractivity contribution is 0.412. The van der Waals surface area contributed by atoms with Crippen molar-refractivity contribution in [3.05, 3.63) is 51.5 Å². The normalized spacial score (nSPS) is 11.2. The van der Waals surface area contributed by atoms with E-state index in [4.69, 9.17) is 16.3 Å². The maximum Gasteiger partial charge on any atom is 0.261 e. The fourth-order valence-corrected chi connectivity index (χ4v) is 3.82. The van der Waals surface area contributed by atoms with Gasteiger partial charge in [0.2, 0.25) is 0 Å². The van der Waals surface area contributed by atoms with Gasteiger partial charge in [0.05, 0.1) is 27.2 Å². The Morgan fingerprint density at radius 2 is 1.81 bits per heavy atom. The molecule has 2 aromatic carbocycles. The maximum absolute atomic E-state index is 12.3. The number of aryl methyl sites for hydroxylation is 1. The second-order valence-electron chi connectivity index (χ2n) is 4.39. The summed E-state index contributed by atoms with van der Waals surface area (Å²) in [5.74, 6) is 0.454. The van der Waals surface area contributed by atoms with Crippen LogP contribution >= 0.6 is 27.5 Å². The molecule has 4 nitrogen and oxygen atoms in total. The fourth-order valence-electron chi connectivity index (χ4n) is 1.75. The molecule has 1 N–H and O–H groups in total. The van der Waals surface area contributed by atoms with Crippen LogP contribution in [0.25, 0.3) is 0 Å². The fraction of sp³-hybridized carbons (Fsp3) is 0.143. The molecule has 0 atom stereocenters. The predicted octanol–water partition coefficient (Wildman–Crippen LogP) is 4.22. The number of rotatable bonds is 4. The second-order valence-corrected chi connectivity index (χ2v) is 7.34. The molecule has 0 aliphatic carbocycles. The van der Waals surface area contributed by atoms with Gasteiger partial charge in [0.15, 0.2) is 5.75 Å². The molecule has 0 saturated carbocycles. The van der Waals surface area contributed by atoms with Gasteiger partial charge in [0.25, 0.3) is 10.0 Å². The van der Waals surface area contributed by atoms with Crippen molar-refractivity contribution in [3.8, 4) is 5.75 Å². The topological polar surface area (TPSA) is 55.4 Å². The van der Waals surface area contributed by atoms with E-state index in [0.717, 1.165) is 5.56 Å². The van der Waals surface area contributed by atoms with Gasteiger partial charge in [-0.3, -0.25) is 4.72 Å². The number of methoxy groups -OCH3 is 1. The second kappa shape index (κ2) is 6.25. The van der Waals surface area contributed by atoms with Crippen LogP contribution in [-0.2, 0) is 10.0 Å². The molecule has 0 bridgehead atoms. The van der Waals surface area contributed by atoms with Gasteiger partial charge in [-0.25, -0.2) is 8.42 Å². The molecule has 0 spiro atoms. The molecular formula is C14H13BrClNO3S. The first kappa shape index (κ1) is 16.1. The lowest BCUT2D eigenvalue weighted by Crippen LogP contribution is -2.13. The molecule has 2 aromatic rings. The number of hydrogen-bond acceptors (Lipinski definition) is 3. The summed E-state index contributed by atoms with van der Waals surface area (Å²) in [5.41, 5.74) is 1.34. The van der Waals surface area contributed by atoms with Crippen molar-refractivity contribution in [2.45, 2.75) is 11.8 Å². The summed E-state index contributed by atoms with van der Waals surface area (Å²) < 4.78 is 32.7. The zero-order valence-corrected chi connectivity index (χ0v) is 14.5. The lowest BCUT2D eigenvalue weighted by Gasteiger charge is -2.11. The highest BCUT2D eigenvalue weighted by atomic mass is 79.9. The summed E-state index contributed by atoms with van der Waals surface area (Å²) in [5, 5.41) is 0.313. The molecule has 0 radical (unpaired) electrons. The van der Waals surface area contributed by atoms with E-state index in [1.807, 2.05) is 6.92 Å². The van der Waals surface area contributed by atoms with Crippen molar-refractivity contribution in [1.82, 2.24) is 0 Å². The molecule has 0 heterocycles. The largest absolute Gasteiger partial charge is 0.494 e. The van der Waals surface area contributed by atoms with E-state index in [1.165, 1.54) is 13.2 Å². The van der Waals surface area contributed by atoms with Crippen LogP contribution in [0.2, 0.25) is 5.02 Å². The number of ether oxygens (including phenoxy) is 1. The van der Waals surface area contributed by atoms with Gasteiger partial charge in [-0.2, -0.15) is 0 Å². The van der Waals surface area contributed by atoms with Gasteiger partial charge < -0.3 is 4.74 Å².